The summed E-state index contributed by atoms with van der Waals surface area (Å²) in [6.45, 7) is 7.52. The van der Waals surface area contributed by atoms with Crippen LogP contribution in [0.5, 0.6) is 0 Å². The highest BCUT2D eigenvalue weighted by atomic mass is 16.5. The standard InChI is InChI=1S/C18H18N2O2/c1-4-18(21)22-12-15-11-14(3)7-10-17(15)20-19-16-8-5-13(2)6-9-16/h4-11H,1,12H2,2-3H3. The second-order valence-corrected chi connectivity index (χ2v) is 4.98. The van der Waals surface area contributed by atoms with E-state index in [1.54, 1.807) is 0 Å². The molecule has 0 amide bonds. The molecule has 0 atom stereocenters. The zero-order chi connectivity index (χ0) is 15.9. The van der Waals surface area contributed by atoms with E-state index in [1.807, 2.05) is 56.3 Å². The molecule has 0 aliphatic carbocycles. The Morgan fingerprint density at radius 3 is 2.45 bits per heavy atom. The molecule has 0 radical (unpaired) electrons. The summed E-state index contributed by atoms with van der Waals surface area (Å²) in [5.41, 5.74) is 4.51. The first-order chi connectivity index (χ1) is 10.6. The Kier molecular flexibility index (Phi) is 5.20. The van der Waals surface area contributed by atoms with Gasteiger partial charge in [-0.3, -0.25) is 0 Å². The monoisotopic (exact) mass is 294 g/mol. The Morgan fingerprint density at radius 1 is 1.09 bits per heavy atom. The van der Waals surface area contributed by atoms with Gasteiger partial charge in [0, 0.05) is 11.6 Å². The summed E-state index contributed by atoms with van der Waals surface area (Å²) in [6, 6.07) is 13.5. The van der Waals surface area contributed by atoms with Gasteiger partial charge in [0.25, 0.3) is 0 Å². The molecule has 0 heterocycles. The molecule has 0 bridgehead atoms. The number of benzene rings is 2. The van der Waals surface area contributed by atoms with Gasteiger partial charge in [-0.2, -0.15) is 10.2 Å². The van der Waals surface area contributed by atoms with Gasteiger partial charge in [0.1, 0.15) is 6.61 Å². The average Bonchev–Trinajstić information content (AvgIpc) is 2.53. The Hall–Kier alpha value is -2.75. The second kappa shape index (κ2) is 7.31. The number of hydrogen-bond acceptors (Lipinski definition) is 4. The number of nitrogens with zero attached hydrogens (tertiary/aromatic N) is 2. The summed E-state index contributed by atoms with van der Waals surface area (Å²) in [4.78, 5) is 11.2. The van der Waals surface area contributed by atoms with Crippen LogP contribution in [-0.2, 0) is 16.1 Å². The summed E-state index contributed by atoms with van der Waals surface area (Å²) >= 11 is 0. The molecule has 22 heavy (non-hydrogen) atoms. The van der Waals surface area contributed by atoms with Gasteiger partial charge in [0.2, 0.25) is 0 Å². The third-order valence-electron chi connectivity index (χ3n) is 3.08. The minimum atomic E-state index is -0.456. The first kappa shape index (κ1) is 15.6. The van der Waals surface area contributed by atoms with Crippen LogP contribution in [0.1, 0.15) is 16.7 Å². The minimum Gasteiger partial charge on any atom is -0.458 e. The molecule has 0 spiro atoms. The van der Waals surface area contributed by atoms with Gasteiger partial charge < -0.3 is 4.74 Å². The van der Waals surface area contributed by atoms with Crippen LogP contribution in [0.2, 0.25) is 0 Å². The molecule has 0 N–H and O–H groups in total. The predicted molar refractivity (Wildman–Crippen MR) is 86.5 cm³/mol. The van der Waals surface area contributed by atoms with Crippen molar-refractivity contribution in [1.82, 2.24) is 0 Å². The quantitative estimate of drug-likeness (QED) is 0.445. The van der Waals surface area contributed by atoms with Crippen LogP contribution in [0.15, 0.2) is 65.3 Å². The third-order valence-corrected chi connectivity index (χ3v) is 3.08. The average molecular weight is 294 g/mol. The number of carbonyl (C=O) groups is 1. The lowest BCUT2D eigenvalue weighted by Gasteiger charge is -2.06. The summed E-state index contributed by atoms with van der Waals surface area (Å²) in [6.07, 6.45) is 1.14. The number of rotatable bonds is 5. The summed E-state index contributed by atoms with van der Waals surface area (Å²) in [5, 5.41) is 8.48. The molecule has 4 heteroatoms. The van der Waals surface area contributed by atoms with Gasteiger partial charge in [0.15, 0.2) is 0 Å². The van der Waals surface area contributed by atoms with E-state index < -0.39 is 5.97 Å². The van der Waals surface area contributed by atoms with Crippen molar-refractivity contribution in [1.29, 1.82) is 0 Å². The van der Waals surface area contributed by atoms with Gasteiger partial charge in [0.05, 0.1) is 11.4 Å². The maximum atomic E-state index is 11.2. The number of carbonyl (C=O) groups excluding carboxylic acids is 1. The normalized spacial score (nSPS) is 10.6. The Labute approximate surface area is 130 Å². The van der Waals surface area contributed by atoms with Gasteiger partial charge in [-0.25, -0.2) is 4.79 Å². The van der Waals surface area contributed by atoms with Crippen LogP contribution in [0, 0.1) is 13.8 Å². The van der Waals surface area contributed by atoms with E-state index in [1.165, 1.54) is 5.56 Å². The zero-order valence-corrected chi connectivity index (χ0v) is 12.7. The van der Waals surface area contributed by atoms with Gasteiger partial charge in [-0.15, -0.1) is 0 Å². The smallest absolute Gasteiger partial charge is 0.330 e. The van der Waals surface area contributed by atoms with Crippen molar-refractivity contribution in [2.75, 3.05) is 0 Å². The second-order valence-electron chi connectivity index (χ2n) is 4.98. The lowest BCUT2D eigenvalue weighted by molar-refractivity contribution is -0.138. The first-order valence-electron chi connectivity index (χ1n) is 6.95. The molecule has 112 valence electrons. The molecular formula is C18H18N2O2. The van der Waals surface area contributed by atoms with Crippen LogP contribution in [0.4, 0.5) is 11.4 Å². The molecule has 4 nitrogen and oxygen atoms in total. The predicted octanol–water partition coefficient (Wildman–Crippen LogP) is 4.95. The topological polar surface area (TPSA) is 51.0 Å². The highest BCUT2D eigenvalue weighted by Crippen LogP contribution is 2.24. The number of azo groups is 1. The highest BCUT2D eigenvalue weighted by Gasteiger charge is 2.05. The van der Waals surface area contributed by atoms with Crippen molar-refractivity contribution in [3.8, 4) is 0 Å². The molecule has 0 saturated carbocycles. The fourth-order valence-corrected chi connectivity index (χ4v) is 1.86. The maximum absolute atomic E-state index is 11.2. The van der Waals surface area contributed by atoms with Gasteiger partial charge >= 0.3 is 5.97 Å². The van der Waals surface area contributed by atoms with Crippen LogP contribution >= 0.6 is 0 Å². The molecule has 0 unspecified atom stereocenters. The summed E-state index contributed by atoms with van der Waals surface area (Å²) in [7, 11) is 0. The summed E-state index contributed by atoms with van der Waals surface area (Å²) in [5.74, 6) is -0.456. The van der Waals surface area contributed by atoms with Crippen molar-refractivity contribution >= 4 is 17.3 Å². The number of hydrogen-bond donors (Lipinski definition) is 0. The van der Waals surface area contributed by atoms with Crippen LogP contribution in [0.25, 0.3) is 0 Å². The SMILES string of the molecule is C=CC(=O)OCc1cc(C)ccc1N=Nc1ccc(C)cc1. The third kappa shape index (κ3) is 4.38. The number of aryl methyl sites for hydroxylation is 2. The minimum absolute atomic E-state index is 0.148. The zero-order valence-electron chi connectivity index (χ0n) is 12.7. The molecule has 2 aromatic carbocycles. The molecular weight excluding hydrogens is 276 g/mol. The molecule has 0 saturated heterocycles. The van der Waals surface area contributed by atoms with Crippen molar-refractivity contribution in [2.45, 2.75) is 20.5 Å². The lowest BCUT2D eigenvalue weighted by atomic mass is 10.1. The van der Waals surface area contributed by atoms with Gasteiger partial charge in [-0.1, -0.05) is 42.0 Å². The van der Waals surface area contributed by atoms with E-state index in [0.29, 0.717) is 5.69 Å². The number of ether oxygens (including phenoxy) is 1. The maximum Gasteiger partial charge on any atom is 0.330 e. The van der Waals surface area contributed by atoms with E-state index >= 15 is 0 Å². The largest absolute Gasteiger partial charge is 0.458 e. The van der Waals surface area contributed by atoms with E-state index in [4.69, 9.17) is 4.74 Å². The van der Waals surface area contributed by atoms with E-state index in [0.717, 1.165) is 22.9 Å². The molecule has 0 fully saturated rings. The van der Waals surface area contributed by atoms with Crippen molar-refractivity contribution in [2.24, 2.45) is 10.2 Å². The highest BCUT2D eigenvalue weighted by molar-refractivity contribution is 5.81. The van der Waals surface area contributed by atoms with Crippen molar-refractivity contribution in [3.05, 3.63) is 71.8 Å². The fraction of sp³-hybridized carbons (Fsp3) is 0.167. The fourth-order valence-electron chi connectivity index (χ4n) is 1.86. The molecule has 0 aromatic heterocycles. The molecule has 2 rings (SSSR count). The lowest BCUT2D eigenvalue weighted by Crippen LogP contribution is -2.00. The van der Waals surface area contributed by atoms with E-state index in [2.05, 4.69) is 16.8 Å². The molecule has 2 aromatic rings. The molecule has 0 aliphatic rings. The van der Waals surface area contributed by atoms with E-state index in [9.17, 15) is 4.79 Å². The number of esters is 1. The Balaban J connectivity index is 2.20. The van der Waals surface area contributed by atoms with Crippen molar-refractivity contribution in [3.63, 3.8) is 0 Å². The van der Waals surface area contributed by atoms with Gasteiger partial charge in [-0.05, 0) is 32.0 Å². The van der Waals surface area contributed by atoms with Crippen LogP contribution < -0.4 is 0 Å². The molecule has 0 aliphatic heterocycles. The summed E-state index contributed by atoms with van der Waals surface area (Å²) < 4.78 is 5.08. The Morgan fingerprint density at radius 2 is 1.77 bits per heavy atom. The van der Waals surface area contributed by atoms with Crippen LogP contribution in [-0.4, -0.2) is 5.97 Å². The van der Waals surface area contributed by atoms with Crippen LogP contribution in [0.3, 0.4) is 0 Å². The van der Waals surface area contributed by atoms with Crippen molar-refractivity contribution < 1.29 is 9.53 Å². The Bertz CT molecular complexity index is 704. The first-order valence-corrected chi connectivity index (χ1v) is 6.95. The van der Waals surface area contributed by atoms with E-state index in [-0.39, 0.29) is 6.61 Å².